The molecule has 0 saturated heterocycles. The molecule has 1 aromatic rings. The van der Waals surface area contributed by atoms with Gasteiger partial charge in [0.05, 0.1) is 17.4 Å². The number of hydrogen-bond donors (Lipinski definition) is 2. The van der Waals surface area contributed by atoms with Crippen LogP contribution in [0.25, 0.3) is 0 Å². The number of hydrogen-bond acceptors (Lipinski definition) is 3. The summed E-state index contributed by atoms with van der Waals surface area (Å²) in [5, 5.41) is 0. The third-order valence-corrected chi connectivity index (χ3v) is 3.62. The van der Waals surface area contributed by atoms with Gasteiger partial charge in [-0.15, -0.1) is 0 Å². The summed E-state index contributed by atoms with van der Waals surface area (Å²) in [5.74, 6) is 0.940. The number of anilines is 1. The molecule has 18 heavy (non-hydrogen) atoms. The Morgan fingerprint density at radius 3 is 2.83 bits per heavy atom. The first-order valence-electron chi connectivity index (χ1n) is 5.98. The highest BCUT2D eigenvalue weighted by molar-refractivity contribution is 7.85. The van der Waals surface area contributed by atoms with Crippen LogP contribution in [-0.2, 0) is 11.2 Å². The number of rotatable bonds is 4. The smallest absolute Gasteiger partial charge is 0.245 e. The molecule has 0 radical (unpaired) electrons. The zero-order valence-corrected chi connectivity index (χ0v) is 11.3. The van der Waals surface area contributed by atoms with E-state index in [1.54, 1.807) is 0 Å². The molecule has 0 spiro atoms. The molecule has 1 heterocycles. The Kier molecular flexibility index (Phi) is 3.86. The quantitative estimate of drug-likeness (QED) is 0.875. The maximum absolute atomic E-state index is 11.4. The molecule has 0 aliphatic carbocycles. The summed E-state index contributed by atoms with van der Waals surface area (Å²) in [6, 6.07) is 5.52. The van der Waals surface area contributed by atoms with E-state index in [9.17, 15) is 4.21 Å². The predicted octanol–water partition coefficient (Wildman–Crippen LogP) is 1.96. The topological polar surface area (TPSA) is 76.7 Å². The Hall–Kier alpha value is -1.56. The van der Waals surface area contributed by atoms with E-state index in [1.165, 1.54) is 0 Å². The number of fused-ring (bicyclic) bond motifs is 1. The fourth-order valence-corrected chi connectivity index (χ4v) is 2.54. The van der Waals surface area contributed by atoms with Gasteiger partial charge in [0.1, 0.15) is 11.6 Å². The molecule has 1 aliphatic heterocycles. The van der Waals surface area contributed by atoms with Crippen LogP contribution < -0.4 is 15.2 Å². The molecule has 5 nitrogen and oxygen atoms in total. The highest BCUT2D eigenvalue weighted by atomic mass is 32.2. The first-order chi connectivity index (χ1) is 8.65. The van der Waals surface area contributed by atoms with Gasteiger partial charge >= 0.3 is 0 Å². The van der Waals surface area contributed by atoms with E-state index in [-0.39, 0.29) is 11.9 Å². The molecule has 1 aromatic carbocycles. The predicted molar refractivity (Wildman–Crippen MR) is 73.9 cm³/mol. The Bertz CT molecular complexity index is 498. The van der Waals surface area contributed by atoms with Crippen molar-refractivity contribution in [1.82, 2.24) is 0 Å². The molecule has 2 rings (SSSR count). The number of ether oxygens (including phenoxy) is 1. The molecule has 0 fully saturated rings. The molecular weight excluding hydrogens is 250 g/mol. The van der Waals surface area contributed by atoms with Crippen LogP contribution in [0, 0.1) is 0 Å². The van der Waals surface area contributed by atoms with E-state index in [0.717, 1.165) is 12.8 Å². The molecule has 0 bridgehead atoms. The van der Waals surface area contributed by atoms with Gasteiger partial charge in [-0.2, -0.15) is 4.40 Å². The van der Waals surface area contributed by atoms with E-state index < -0.39 is 11.2 Å². The summed E-state index contributed by atoms with van der Waals surface area (Å²) in [5.41, 5.74) is 7.23. The van der Waals surface area contributed by atoms with Crippen molar-refractivity contribution >= 4 is 22.7 Å². The van der Waals surface area contributed by atoms with E-state index in [1.807, 2.05) is 18.2 Å². The molecule has 3 N–H and O–H groups in total. The van der Waals surface area contributed by atoms with E-state index in [4.69, 9.17) is 10.5 Å². The van der Waals surface area contributed by atoms with Crippen molar-refractivity contribution < 1.29 is 8.95 Å². The van der Waals surface area contributed by atoms with Gasteiger partial charge in [0.2, 0.25) is 11.2 Å². The molecule has 98 valence electrons. The second-order valence-electron chi connectivity index (χ2n) is 4.06. The molecule has 0 saturated carbocycles. The van der Waals surface area contributed by atoms with Crippen LogP contribution in [0.1, 0.15) is 32.3 Å². The Morgan fingerprint density at radius 1 is 1.44 bits per heavy atom. The molecule has 1 atom stereocenters. The lowest BCUT2D eigenvalue weighted by molar-refractivity contribution is 0.192. The summed E-state index contributed by atoms with van der Waals surface area (Å²) in [7, 11) is 0. The number of nitrogens with one attached hydrogen (secondary N) is 1. The number of benzene rings is 1. The highest BCUT2D eigenvalue weighted by Gasteiger charge is 2.21. The van der Waals surface area contributed by atoms with Crippen molar-refractivity contribution in [2.24, 2.45) is 10.1 Å². The number of nitrogens with zero attached hydrogens (tertiary/aromatic N) is 1. The summed E-state index contributed by atoms with van der Waals surface area (Å²) >= 11 is -1.50. The largest absolute Gasteiger partial charge is 0.490 e. The van der Waals surface area contributed by atoms with Crippen molar-refractivity contribution in [2.45, 2.75) is 32.8 Å². The lowest BCUT2D eigenvalue weighted by Crippen LogP contribution is -2.25. The standard InChI is InChI=1S/C12H17N3O2S/c1-3-8(4-2)17-10-7-5-6-9-11(10)12(13)15-18(16)14-9/h5-8,14H,3-4H2,1-2H3,(H2,13,15). The zero-order valence-electron chi connectivity index (χ0n) is 10.5. The van der Waals surface area contributed by atoms with Crippen LogP contribution in [0.5, 0.6) is 5.75 Å². The second kappa shape index (κ2) is 5.39. The van der Waals surface area contributed by atoms with Gasteiger partial charge in [-0.1, -0.05) is 19.9 Å². The van der Waals surface area contributed by atoms with Gasteiger partial charge in [0, 0.05) is 0 Å². The second-order valence-corrected chi connectivity index (χ2v) is 4.95. The summed E-state index contributed by atoms with van der Waals surface area (Å²) in [4.78, 5) is 0. The van der Waals surface area contributed by atoms with Crippen LogP contribution in [0.2, 0.25) is 0 Å². The Labute approximate surface area is 109 Å². The van der Waals surface area contributed by atoms with Crippen molar-refractivity contribution in [1.29, 1.82) is 0 Å². The average molecular weight is 267 g/mol. The molecule has 0 aromatic heterocycles. The maximum Gasteiger partial charge on any atom is 0.245 e. The van der Waals surface area contributed by atoms with Crippen molar-refractivity contribution in [3.05, 3.63) is 23.8 Å². The van der Waals surface area contributed by atoms with E-state index in [2.05, 4.69) is 23.0 Å². The molecule has 6 heteroatoms. The van der Waals surface area contributed by atoms with Crippen LogP contribution in [0.15, 0.2) is 22.6 Å². The number of nitrogens with two attached hydrogens (primary N) is 1. The average Bonchev–Trinajstić information content (AvgIpc) is 2.35. The van der Waals surface area contributed by atoms with Crippen LogP contribution >= 0.6 is 0 Å². The van der Waals surface area contributed by atoms with E-state index >= 15 is 0 Å². The van der Waals surface area contributed by atoms with Crippen molar-refractivity contribution in [3.8, 4) is 5.75 Å². The third kappa shape index (κ3) is 2.48. The van der Waals surface area contributed by atoms with Crippen LogP contribution in [0.4, 0.5) is 5.69 Å². The minimum Gasteiger partial charge on any atom is -0.490 e. The minimum atomic E-state index is -1.50. The first kappa shape index (κ1) is 12.9. The molecule has 0 amide bonds. The van der Waals surface area contributed by atoms with Crippen molar-refractivity contribution in [2.75, 3.05) is 4.72 Å². The summed E-state index contributed by atoms with van der Waals surface area (Å²) < 4.78 is 23.9. The summed E-state index contributed by atoms with van der Waals surface area (Å²) in [6.45, 7) is 4.16. The molecule has 1 unspecified atom stereocenters. The third-order valence-electron chi connectivity index (χ3n) is 2.87. The Balaban J connectivity index is 2.38. The lowest BCUT2D eigenvalue weighted by Gasteiger charge is -2.21. The molecular formula is C12H17N3O2S. The fourth-order valence-electron chi connectivity index (χ4n) is 1.87. The molecule has 1 aliphatic rings. The van der Waals surface area contributed by atoms with Gasteiger partial charge in [0.25, 0.3) is 0 Å². The summed E-state index contributed by atoms with van der Waals surface area (Å²) in [6.07, 6.45) is 2.00. The maximum atomic E-state index is 11.4. The van der Waals surface area contributed by atoms with Crippen LogP contribution in [-0.4, -0.2) is 16.1 Å². The number of amidine groups is 1. The van der Waals surface area contributed by atoms with Crippen LogP contribution in [0.3, 0.4) is 0 Å². The van der Waals surface area contributed by atoms with Gasteiger partial charge in [0.15, 0.2) is 0 Å². The van der Waals surface area contributed by atoms with Gasteiger partial charge in [-0.05, 0) is 25.0 Å². The monoisotopic (exact) mass is 267 g/mol. The van der Waals surface area contributed by atoms with Gasteiger partial charge in [-0.25, -0.2) is 4.21 Å². The minimum absolute atomic E-state index is 0.150. The van der Waals surface area contributed by atoms with Gasteiger partial charge in [-0.3, -0.25) is 4.72 Å². The van der Waals surface area contributed by atoms with E-state index in [0.29, 0.717) is 17.0 Å². The lowest BCUT2D eigenvalue weighted by atomic mass is 10.1. The zero-order chi connectivity index (χ0) is 13.1. The SMILES string of the molecule is CCC(CC)Oc1cccc2c1C(N)=NS(=O)N2. The fraction of sp³-hybridized carbons (Fsp3) is 0.417. The van der Waals surface area contributed by atoms with Crippen molar-refractivity contribution in [3.63, 3.8) is 0 Å². The Morgan fingerprint density at radius 2 is 2.17 bits per heavy atom. The first-order valence-corrected chi connectivity index (χ1v) is 7.09. The highest BCUT2D eigenvalue weighted by Crippen LogP contribution is 2.30. The van der Waals surface area contributed by atoms with Gasteiger partial charge < -0.3 is 10.5 Å². The normalized spacial score (nSPS) is 17.9.